The molecule has 4 rings (SSSR count). The molecule has 2 aromatic carbocycles. The van der Waals surface area contributed by atoms with Crippen molar-refractivity contribution in [3.63, 3.8) is 0 Å². The largest absolute Gasteiger partial charge is 0.488 e. The van der Waals surface area contributed by atoms with Gasteiger partial charge in [0.2, 0.25) is 5.91 Å². The van der Waals surface area contributed by atoms with Gasteiger partial charge in [-0.3, -0.25) is 14.4 Å². The van der Waals surface area contributed by atoms with Crippen LogP contribution in [0.5, 0.6) is 5.75 Å². The Kier molecular flexibility index (Phi) is 5.60. The van der Waals surface area contributed by atoms with Crippen molar-refractivity contribution in [2.24, 2.45) is 0 Å². The lowest BCUT2D eigenvalue weighted by Gasteiger charge is -2.26. The molecular formula is C23H23NO5. The molecule has 0 bridgehead atoms. The lowest BCUT2D eigenvalue weighted by molar-refractivity contribution is -0.145. The van der Waals surface area contributed by atoms with Gasteiger partial charge in [0.1, 0.15) is 19.0 Å². The molecule has 0 radical (unpaired) electrons. The van der Waals surface area contributed by atoms with Crippen LogP contribution in [-0.2, 0) is 27.4 Å². The zero-order valence-corrected chi connectivity index (χ0v) is 16.2. The topological polar surface area (TPSA) is 72.9 Å². The summed E-state index contributed by atoms with van der Waals surface area (Å²) < 4.78 is 11.1. The van der Waals surface area contributed by atoms with E-state index in [4.69, 9.17) is 9.47 Å². The molecule has 6 heteroatoms. The van der Waals surface area contributed by atoms with Crippen molar-refractivity contribution in [1.29, 1.82) is 0 Å². The molecular weight excluding hydrogens is 370 g/mol. The summed E-state index contributed by atoms with van der Waals surface area (Å²) >= 11 is 0. The number of carbonyl (C=O) groups excluding carboxylic acids is 3. The fraction of sp³-hybridized carbons (Fsp3) is 0.348. The standard InChI is InChI=1S/C23H23NO5/c25-21-7-3-4-10-24(21)11-12-28-22(26)14-16-8-9-20-19(13-16)23(27)18-6-2-1-5-17(18)15-29-20/h1-2,5-6,8-9,13H,3-4,7,10-12,14-15H2. The summed E-state index contributed by atoms with van der Waals surface area (Å²) in [4.78, 5) is 38.6. The summed E-state index contributed by atoms with van der Waals surface area (Å²) in [6, 6.07) is 12.6. The Bertz CT molecular complexity index is 952. The molecule has 1 saturated heterocycles. The highest BCUT2D eigenvalue weighted by Gasteiger charge is 2.23. The lowest BCUT2D eigenvalue weighted by Crippen LogP contribution is -2.38. The number of carbonyl (C=O) groups is 3. The van der Waals surface area contributed by atoms with E-state index in [1.165, 1.54) is 0 Å². The highest BCUT2D eigenvalue weighted by Crippen LogP contribution is 2.29. The van der Waals surface area contributed by atoms with Crippen LogP contribution >= 0.6 is 0 Å². The van der Waals surface area contributed by atoms with E-state index in [0.717, 1.165) is 24.9 Å². The molecule has 0 unspecified atom stereocenters. The van der Waals surface area contributed by atoms with Crippen LogP contribution in [0.25, 0.3) is 0 Å². The van der Waals surface area contributed by atoms with E-state index >= 15 is 0 Å². The number of nitrogens with zero attached hydrogens (tertiary/aromatic N) is 1. The summed E-state index contributed by atoms with van der Waals surface area (Å²) in [6.45, 7) is 1.68. The number of rotatable bonds is 5. The molecule has 1 amide bonds. The van der Waals surface area contributed by atoms with Gasteiger partial charge in [-0.05, 0) is 30.5 Å². The molecule has 0 spiro atoms. The zero-order chi connectivity index (χ0) is 20.2. The van der Waals surface area contributed by atoms with E-state index in [9.17, 15) is 14.4 Å². The van der Waals surface area contributed by atoms with E-state index in [1.54, 1.807) is 29.2 Å². The molecule has 2 aliphatic rings. The predicted molar refractivity (Wildman–Crippen MR) is 106 cm³/mol. The summed E-state index contributed by atoms with van der Waals surface area (Å²) in [6.07, 6.45) is 2.56. The highest BCUT2D eigenvalue weighted by molar-refractivity contribution is 6.12. The van der Waals surface area contributed by atoms with Crippen LogP contribution < -0.4 is 4.74 Å². The molecule has 2 aliphatic heterocycles. The van der Waals surface area contributed by atoms with Gasteiger partial charge < -0.3 is 14.4 Å². The molecule has 2 aromatic rings. The minimum atomic E-state index is -0.378. The van der Waals surface area contributed by atoms with Crippen LogP contribution in [0.1, 0.15) is 46.3 Å². The molecule has 0 aromatic heterocycles. The van der Waals surface area contributed by atoms with Crippen molar-refractivity contribution in [3.8, 4) is 5.75 Å². The van der Waals surface area contributed by atoms with Gasteiger partial charge in [-0.25, -0.2) is 0 Å². The quantitative estimate of drug-likeness (QED) is 0.731. The number of hydrogen-bond acceptors (Lipinski definition) is 5. The summed E-state index contributed by atoms with van der Waals surface area (Å²) in [5.41, 5.74) is 2.62. The van der Waals surface area contributed by atoms with Crippen LogP contribution in [0, 0.1) is 0 Å². The van der Waals surface area contributed by atoms with Crippen LogP contribution in [0.4, 0.5) is 0 Å². The van der Waals surface area contributed by atoms with E-state index < -0.39 is 0 Å². The number of hydrogen-bond donors (Lipinski definition) is 0. The number of benzene rings is 2. The summed E-state index contributed by atoms with van der Waals surface area (Å²) in [7, 11) is 0. The third-order valence-corrected chi connectivity index (χ3v) is 5.33. The third-order valence-electron chi connectivity index (χ3n) is 5.33. The van der Waals surface area contributed by atoms with E-state index in [2.05, 4.69) is 0 Å². The molecule has 2 heterocycles. The first kappa shape index (κ1) is 19.2. The van der Waals surface area contributed by atoms with Crippen molar-refractivity contribution in [2.75, 3.05) is 19.7 Å². The Balaban J connectivity index is 1.38. The fourth-order valence-corrected chi connectivity index (χ4v) is 3.74. The second-order valence-corrected chi connectivity index (χ2v) is 7.34. The molecule has 1 fully saturated rings. The molecule has 0 aliphatic carbocycles. The fourth-order valence-electron chi connectivity index (χ4n) is 3.74. The predicted octanol–water partition coefficient (Wildman–Crippen LogP) is 2.91. The van der Waals surface area contributed by atoms with Gasteiger partial charge in [-0.1, -0.05) is 30.3 Å². The molecule has 29 heavy (non-hydrogen) atoms. The maximum absolute atomic E-state index is 12.9. The molecule has 6 nitrogen and oxygen atoms in total. The Morgan fingerprint density at radius 2 is 1.93 bits per heavy atom. The Labute approximate surface area is 169 Å². The smallest absolute Gasteiger partial charge is 0.310 e. The van der Waals surface area contributed by atoms with Gasteiger partial charge in [0.25, 0.3) is 0 Å². The number of ketones is 1. The van der Waals surface area contributed by atoms with Crippen molar-refractivity contribution >= 4 is 17.7 Å². The molecule has 0 atom stereocenters. The minimum Gasteiger partial charge on any atom is -0.488 e. The van der Waals surface area contributed by atoms with Crippen LogP contribution in [0.15, 0.2) is 42.5 Å². The first-order chi connectivity index (χ1) is 14.1. The Morgan fingerprint density at radius 1 is 1.07 bits per heavy atom. The molecule has 0 N–H and O–H groups in total. The van der Waals surface area contributed by atoms with Crippen molar-refractivity contribution in [1.82, 2.24) is 4.90 Å². The Hall–Kier alpha value is -3.15. The van der Waals surface area contributed by atoms with Crippen molar-refractivity contribution in [2.45, 2.75) is 32.3 Å². The second-order valence-electron chi connectivity index (χ2n) is 7.34. The van der Waals surface area contributed by atoms with Crippen LogP contribution in [-0.4, -0.2) is 42.3 Å². The number of likely N-dealkylation sites (tertiary alicyclic amines) is 1. The SMILES string of the molecule is O=C(Cc1ccc2c(c1)C(=O)c1ccccc1CO2)OCCN1CCCCC1=O. The number of esters is 1. The Morgan fingerprint density at radius 3 is 2.79 bits per heavy atom. The number of ether oxygens (including phenoxy) is 2. The maximum Gasteiger partial charge on any atom is 0.310 e. The molecule has 150 valence electrons. The number of fused-ring (bicyclic) bond motifs is 2. The van der Waals surface area contributed by atoms with Gasteiger partial charge in [0.05, 0.1) is 18.5 Å². The first-order valence-corrected chi connectivity index (χ1v) is 9.93. The monoisotopic (exact) mass is 393 g/mol. The van der Waals surface area contributed by atoms with E-state index in [-0.39, 0.29) is 30.7 Å². The third kappa shape index (κ3) is 4.31. The zero-order valence-electron chi connectivity index (χ0n) is 16.2. The van der Waals surface area contributed by atoms with E-state index in [0.29, 0.717) is 42.0 Å². The van der Waals surface area contributed by atoms with Crippen molar-refractivity contribution in [3.05, 3.63) is 64.7 Å². The number of piperidine rings is 1. The van der Waals surface area contributed by atoms with Crippen LogP contribution in [0.2, 0.25) is 0 Å². The summed E-state index contributed by atoms with van der Waals surface area (Å²) in [5, 5.41) is 0. The number of amides is 1. The highest BCUT2D eigenvalue weighted by atomic mass is 16.5. The summed E-state index contributed by atoms with van der Waals surface area (Å²) in [5.74, 6) is 0.160. The minimum absolute atomic E-state index is 0.0656. The lowest BCUT2D eigenvalue weighted by atomic mass is 9.97. The van der Waals surface area contributed by atoms with Gasteiger partial charge in [-0.15, -0.1) is 0 Å². The average Bonchev–Trinajstić information content (AvgIpc) is 2.87. The maximum atomic E-state index is 12.9. The second kappa shape index (κ2) is 8.47. The van der Waals surface area contributed by atoms with Gasteiger partial charge in [-0.2, -0.15) is 0 Å². The van der Waals surface area contributed by atoms with Gasteiger partial charge in [0.15, 0.2) is 5.78 Å². The van der Waals surface area contributed by atoms with Gasteiger partial charge >= 0.3 is 5.97 Å². The average molecular weight is 393 g/mol. The first-order valence-electron chi connectivity index (χ1n) is 9.93. The normalized spacial score (nSPS) is 15.8. The van der Waals surface area contributed by atoms with Crippen molar-refractivity contribution < 1.29 is 23.9 Å². The van der Waals surface area contributed by atoms with E-state index in [1.807, 2.05) is 18.2 Å². The van der Waals surface area contributed by atoms with Crippen LogP contribution in [0.3, 0.4) is 0 Å². The molecule has 0 saturated carbocycles. The van der Waals surface area contributed by atoms with Gasteiger partial charge in [0, 0.05) is 24.1 Å².